The van der Waals surface area contributed by atoms with Crippen LogP contribution in [-0.4, -0.2) is 37.0 Å². The van der Waals surface area contributed by atoms with Crippen LogP contribution in [0.15, 0.2) is 24.3 Å². The van der Waals surface area contributed by atoms with Crippen molar-refractivity contribution in [2.75, 3.05) is 26.2 Å². The number of benzene rings is 1. The lowest BCUT2D eigenvalue weighted by Gasteiger charge is -2.47. The molecular formula is C16H22N2O. The fourth-order valence-corrected chi connectivity index (χ4v) is 3.17. The third kappa shape index (κ3) is 2.27. The second-order valence-corrected chi connectivity index (χ2v) is 6.36. The maximum Gasteiger partial charge on any atom is 0.253 e. The van der Waals surface area contributed by atoms with Gasteiger partial charge in [0.2, 0.25) is 0 Å². The van der Waals surface area contributed by atoms with Crippen LogP contribution >= 0.6 is 0 Å². The van der Waals surface area contributed by atoms with Crippen LogP contribution in [0, 0.1) is 5.41 Å². The van der Waals surface area contributed by atoms with E-state index in [1.165, 1.54) is 12.0 Å². The van der Waals surface area contributed by atoms with E-state index in [4.69, 9.17) is 0 Å². The minimum absolute atomic E-state index is 0.188. The van der Waals surface area contributed by atoms with Crippen molar-refractivity contribution in [1.29, 1.82) is 0 Å². The molecule has 0 radical (unpaired) electrons. The molecule has 2 fully saturated rings. The van der Waals surface area contributed by atoms with Crippen LogP contribution in [0.2, 0.25) is 0 Å². The van der Waals surface area contributed by atoms with Crippen LogP contribution in [0.25, 0.3) is 0 Å². The SMILES string of the molecule is CC(C)c1ccc(C(=O)N2CC3(CCNC3)C2)cc1. The molecule has 2 aliphatic rings. The van der Waals surface area contributed by atoms with Gasteiger partial charge in [-0.2, -0.15) is 0 Å². The van der Waals surface area contributed by atoms with Crippen molar-refractivity contribution in [3.05, 3.63) is 35.4 Å². The normalized spacial score (nSPS) is 20.9. The Morgan fingerprint density at radius 2 is 1.95 bits per heavy atom. The predicted molar refractivity (Wildman–Crippen MR) is 76.4 cm³/mol. The van der Waals surface area contributed by atoms with Crippen molar-refractivity contribution in [2.24, 2.45) is 5.41 Å². The summed E-state index contributed by atoms with van der Waals surface area (Å²) in [5.41, 5.74) is 2.50. The van der Waals surface area contributed by atoms with Gasteiger partial charge in [0.25, 0.3) is 5.91 Å². The molecule has 0 aliphatic carbocycles. The number of carbonyl (C=O) groups is 1. The summed E-state index contributed by atoms with van der Waals surface area (Å²) >= 11 is 0. The molecule has 2 aliphatic heterocycles. The molecule has 102 valence electrons. The molecule has 1 amide bonds. The van der Waals surface area contributed by atoms with Crippen molar-refractivity contribution in [1.82, 2.24) is 10.2 Å². The first-order valence-electron chi connectivity index (χ1n) is 7.20. The number of hydrogen-bond acceptors (Lipinski definition) is 2. The summed E-state index contributed by atoms with van der Waals surface area (Å²) in [6.45, 7) is 8.36. The minimum atomic E-state index is 0.188. The Morgan fingerprint density at radius 1 is 1.26 bits per heavy atom. The summed E-state index contributed by atoms with van der Waals surface area (Å²) in [6, 6.07) is 8.08. The Morgan fingerprint density at radius 3 is 2.47 bits per heavy atom. The second kappa shape index (κ2) is 4.64. The van der Waals surface area contributed by atoms with E-state index in [0.717, 1.165) is 31.7 Å². The molecule has 2 heterocycles. The Hall–Kier alpha value is -1.35. The standard InChI is InChI=1S/C16H22N2O/c1-12(2)13-3-5-14(6-4-13)15(19)18-10-16(11-18)7-8-17-9-16/h3-6,12,17H,7-11H2,1-2H3. The van der Waals surface area contributed by atoms with Gasteiger partial charge in [0, 0.05) is 30.6 Å². The molecule has 1 spiro atoms. The van der Waals surface area contributed by atoms with Crippen LogP contribution in [0.3, 0.4) is 0 Å². The zero-order chi connectivity index (χ0) is 13.5. The molecular weight excluding hydrogens is 236 g/mol. The molecule has 0 atom stereocenters. The molecule has 0 aromatic heterocycles. The van der Waals surface area contributed by atoms with E-state index < -0.39 is 0 Å². The third-order valence-electron chi connectivity index (χ3n) is 4.50. The second-order valence-electron chi connectivity index (χ2n) is 6.36. The zero-order valence-electron chi connectivity index (χ0n) is 11.8. The summed E-state index contributed by atoms with van der Waals surface area (Å²) in [5.74, 6) is 0.703. The molecule has 0 saturated carbocycles. The van der Waals surface area contributed by atoms with Crippen LogP contribution in [0.5, 0.6) is 0 Å². The number of rotatable bonds is 2. The highest BCUT2D eigenvalue weighted by molar-refractivity contribution is 5.94. The molecule has 2 saturated heterocycles. The first-order chi connectivity index (χ1) is 9.10. The Labute approximate surface area is 115 Å². The van der Waals surface area contributed by atoms with E-state index in [0.29, 0.717) is 11.3 Å². The topological polar surface area (TPSA) is 32.3 Å². The highest BCUT2D eigenvalue weighted by atomic mass is 16.2. The van der Waals surface area contributed by atoms with Gasteiger partial charge in [0.1, 0.15) is 0 Å². The maximum atomic E-state index is 12.4. The van der Waals surface area contributed by atoms with Crippen molar-refractivity contribution < 1.29 is 4.79 Å². The van der Waals surface area contributed by atoms with Crippen molar-refractivity contribution in [3.63, 3.8) is 0 Å². The maximum absolute atomic E-state index is 12.4. The summed E-state index contributed by atoms with van der Waals surface area (Å²) in [4.78, 5) is 14.3. The number of likely N-dealkylation sites (tertiary alicyclic amines) is 1. The van der Waals surface area contributed by atoms with Crippen molar-refractivity contribution in [2.45, 2.75) is 26.2 Å². The summed E-state index contributed by atoms with van der Waals surface area (Å²) in [5, 5.41) is 3.40. The van der Waals surface area contributed by atoms with Crippen LogP contribution in [0.4, 0.5) is 0 Å². The first-order valence-corrected chi connectivity index (χ1v) is 7.20. The fraction of sp³-hybridized carbons (Fsp3) is 0.562. The van der Waals surface area contributed by atoms with Gasteiger partial charge in [-0.15, -0.1) is 0 Å². The molecule has 19 heavy (non-hydrogen) atoms. The first kappa shape index (κ1) is 12.7. The van der Waals surface area contributed by atoms with E-state index >= 15 is 0 Å². The lowest BCUT2D eigenvalue weighted by molar-refractivity contribution is 0.0159. The third-order valence-corrected chi connectivity index (χ3v) is 4.50. The predicted octanol–water partition coefficient (Wildman–Crippen LogP) is 2.25. The average Bonchev–Trinajstić information content (AvgIpc) is 2.86. The Kier molecular flexibility index (Phi) is 3.09. The van der Waals surface area contributed by atoms with E-state index in [1.807, 2.05) is 17.0 Å². The van der Waals surface area contributed by atoms with Gasteiger partial charge < -0.3 is 10.2 Å². The van der Waals surface area contributed by atoms with Crippen LogP contribution in [0.1, 0.15) is 42.1 Å². The van der Waals surface area contributed by atoms with E-state index in [1.54, 1.807) is 0 Å². The molecule has 1 N–H and O–H groups in total. The Bertz CT molecular complexity index is 464. The minimum Gasteiger partial charge on any atom is -0.337 e. The van der Waals surface area contributed by atoms with Gasteiger partial charge in [-0.25, -0.2) is 0 Å². The smallest absolute Gasteiger partial charge is 0.253 e. The van der Waals surface area contributed by atoms with Gasteiger partial charge in [-0.05, 0) is 36.6 Å². The van der Waals surface area contributed by atoms with Crippen LogP contribution < -0.4 is 5.32 Å². The van der Waals surface area contributed by atoms with Gasteiger partial charge >= 0.3 is 0 Å². The van der Waals surface area contributed by atoms with Crippen molar-refractivity contribution >= 4 is 5.91 Å². The van der Waals surface area contributed by atoms with Gasteiger partial charge in [0.15, 0.2) is 0 Å². The van der Waals surface area contributed by atoms with Crippen molar-refractivity contribution in [3.8, 4) is 0 Å². The van der Waals surface area contributed by atoms with Crippen LogP contribution in [-0.2, 0) is 0 Å². The summed E-state index contributed by atoms with van der Waals surface area (Å²) in [7, 11) is 0. The quantitative estimate of drug-likeness (QED) is 0.882. The molecule has 3 rings (SSSR count). The van der Waals surface area contributed by atoms with Gasteiger partial charge in [0.05, 0.1) is 0 Å². The number of nitrogens with zero attached hydrogens (tertiary/aromatic N) is 1. The highest BCUT2D eigenvalue weighted by Crippen LogP contribution is 2.36. The molecule has 1 aromatic rings. The monoisotopic (exact) mass is 258 g/mol. The Balaban J connectivity index is 1.65. The molecule has 0 bridgehead atoms. The number of nitrogens with one attached hydrogen (secondary N) is 1. The van der Waals surface area contributed by atoms with Gasteiger partial charge in [-0.1, -0.05) is 26.0 Å². The fourth-order valence-electron chi connectivity index (χ4n) is 3.17. The molecule has 3 heteroatoms. The molecule has 1 aromatic carbocycles. The number of hydrogen-bond donors (Lipinski definition) is 1. The highest BCUT2D eigenvalue weighted by Gasteiger charge is 2.46. The number of amides is 1. The molecule has 0 unspecified atom stereocenters. The van der Waals surface area contributed by atoms with E-state index in [2.05, 4.69) is 31.3 Å². The largest absolute Gasteiger partial charge is 0.337 e. The number of carbonyl (C=O) groups excluding carboxylic acids is 1. The summed E-state index contributed by atoms with van der Waals surface area (Å²) in [6.07, 6.45) is 1.21. The van der Waals surface area contributed by atoms with E-state index in [-0.39, 0.29) is 5.91 Å². The zero-order valence-corrected chi connectivity index (χ0v) is 11.8. The lowest BCUT2D eigenvalue weighted by Crippen LogP contribution is -2.59. The molecule has 3 nitrogen and oxygen atoms in total. The lowest BCUT2D eigenvalue weighted by atomic mass is 9.79. The van der Waals surface area contributed by atoms with E-state index in [9.17, 15) is 4.79 Å². The average molecular weight is 258 g/mol. The van der Waals surface area contributed by atoms with Gasteiger partial charge in [-0.3, -0.25) is 4.79 Å². The summed E-state index contributed by atoms with van der Waals surface area (Å²) < 4.78 is 0.